The number of aromatic nitrogens is 2. The van der Waals surface area contributed by atoms with E-state index in [0.717, 1.165) is 67.8 Å². The van der Waals surface area contributed by atoms with Gasteiger partial charge in [-0.25, -0.2) is 4.98 Å². The molecule has 5 nitrogen and oxygen atoms in total. The van der Waals surface area contributed by atoms with E-state index in [-0.39, 0.29) is 5.91 Å². The molecule has 3 aromatic carbocycles. The second-order valence-corrected chi connectivity index (χ2v) is 9.41. The Morgan fingerprint density at radius 3 is 2.42 bits per heavy atom. The molecule has 4 rings (SSSR count). The predicted molar refractivity (Wildman–Crippen MR) is 146 cm³/mol. The third kappa shape index (κ3) is 6.97. The van der Waals surface area contributed by atoms with Crippen LogP contribution in [-0.2, 0) is 24.2 Å². The van der Waals surface area contributed by atoms with Gasteiger partial charge in [0, 0.05) is 19.5 Å². The number of aryl methyl sites for hydroxylation is 4. The van der Waals surface area contributed by atoms with Crippen LogP contribution < -0.4 is 10.1 Å². The molecule has 1 aromatic heterocycles. The summed E-state index contributed by atoms with van der Waals surface area (Å²) >= 11 is 0. The maximum Gasteiger partial charge on any atom is 0.224 e. The van der Waals surface area contributed by atoms with E-state index in [1.54, 1.807) is 0 Å². The molecule has 0 aliphatic heterocycles. The minimum atomic E-state index is 0.0890. The zero-order valence-electron chi connectivity index (χ0n) is 21.5. The second kappa shape index (κ2) is 12.9. The molecule has 0 unspecified atom stereocenters. The van der Waals surface area contributed by atoms with Crippen molar-refractivity contribution >= 4 is 16.9 Å². The van der Waals surface area contributed by atoms with Gasteiger partial charge in [-0.1, -0.05) is 67.1 Å². The van der Waals surface area contributed by atoms with E-state index in [1.807, 2.05) is 36.4 Å². The predicted octanol–water partition coefficient (Wildman–Crippen LogP) is 6.19. The Balaban J connectivity index is 1.23. The molecule has 0 aliphatic carbocycles. The van der Waals surface area contributed by atoms with Gasteiger partial charge in [0.25, 0.3) is 0 Å². The normalized spacial score (nSPS) is 11.1. The summed E-state index contributed by atoms with van der Waals surface area (Å²) in [5, 5.41) is 3.04. The van der Waals surface area contributed by atoms with E-state index in [0.29, 0.717) is 13.0 Å². The van der Waals surface area contributed by atoms with Crippen molar-refractivity contribution in [3.8, 4) is 5.75 Å². The quantitative estimate of drug-likeness (QED) is 0.231. The average molecular weight is 484 g/mol. The Hall–Kier alpha value is -3.60. The van der Waals surface area contributed by atoms with Crippen LogP contribution in [0, 0.1) is 13.8 Å². The molecule has 5 heteroatoms. The van der Waals surface area contributed by atoms with Crippen molar-refractivity contribution < 1.29 is 9.53 Å². The highest BCUT2D eigenvalue weighted by molar-refractivity contribution is 5.78. The molecule has 1 N–H and O–H groups in total. The number of carbonyl (C=O) groups is 1. The maximum absolute atomic E-state index is 12.1. The van der Waals surface area contributed by atoms with Crippen molar-refractivity contribution in [2.24, 2.45) is 0 Å². The summed E-state index contributed by atoms with van der Waals surface area (Å²) in [7, 11) is 0. The maximum atomic E-state index is 12.1. The number of ether oxygens (including phenoxy) is 1. The standard InChI is InChI=1S/C31H37N3O2/c1-24-13-11-14-25(2)31(24)36-22-12-21-34-28-18-9-8-17-27(28)33-29(34)19-7-4-10-20-32-30(35)23-26-15-5-3-6-16-26/h3,5-6,8-9,11,13-18H,4,7,10,12,19-23H2,1-2H3,(H,32,35). The molecule has 1 amide bonds. The van der Waals surface area contributed by atoms with E-state index in [2.05, 4.69) is 60.1 Å². The lowest BCUT2D eigenvalue weighted by Gasteiger charge is -2.13. The van der Waals surface area contributed by atoms with Gasteiger partial charge in [0.2, 0.25) is 5.91 Å². The zero-order chi connectivity index (χ0) is 25.2. The fourth-order valence-electron chi connectivity index (χ4n) is 4.65. The second-order valence-electron chi connectivity index (χ2n) is 9.41. The molecule has 188 valence electrons. The molecule has 0 saturated carbocycles. The zero-order valence-corrected chi connectivity index (χ0v) is 21.5. The molecular weight excluding hydrogens is 446 g/mol. The summed E-state index contributed by atoms with van der Waals surface area (Å²) < 4.78 is 8.48. The highest BCUT2D eigenvalue weighted by Crippen LogP contribution is 2.23. The van der Waals surface area contributed by atoms with Gasteiger partial charge in [-0.15, -0.1) is 0 Å². The summed E-state index contributed by atoms with van der Waals surface area (Å²) in [5.41, 5.74) is 5.65. The minimum Gasteiger partial charge on any atom is -0.493 e. The third-order valence-electron chi connectivity index (χ3n) is 6.52. The monoisotopic (exact) mass is 483 g/mol. The number of para-hydroxylation sites is 3. The van der Waals surface area contributed by atoms with Crippen LogP contribution in [0.25, 0.3) is 11.0 Å². The van der Waals surface area contributed by atoms with E-state index in [1.165, 1.54) is 16.6 Å². The first kappa shape index (κ1) is 25.5. The van der Waals surface area contributed by atoms with Gasteiger partial charge >= 0.3 is 0 Å². The van der Waals surface area contributed by atoms with Crippen LogP contribution in [0.3, 0.4) is 0 Å². The van der Waals surface area contributed by atoms with Crippen molar-refractivity contribution in [1.82, 2.24) is 14.9 Å². The highest BCUT2D eigenvalue weighted by Gasteiger charge is 2.11. The van der Waals surface area contributed by atoms with Gasteiger partial charge < -0.3 is 14.6 Å². The number of benzene rings is 3. The van der Waals surface area contributed by atoms with Crippen LogP contribution in [0.1, 0.15) is 48.2 Å². The average Bonchev–Trinajstić information content (AvgIpc) is 3.23. The van der Waals surface area contributed by atoms with Gasteiger partial charge in [0.15, 0.2) is 0 Å². The van der Waals surface area contributed by atoms with Crippen molar-refractivity contribution in [2.45, 2.75) is 58.9 Å². The summed E-state index contributed by atoms with van der Waals surface area (Å²) in [4.78, 5) is 17.1. The minimum absolute atomic E-state index is 0.0890. The smallest absolute Gasteiger partial charge is 0.224 e. The van der Waals surface area contributed by atoms with Crippen molar-refractivity contribution in [1.29, 1.82) is 0 Å². The Morgan fingerprint density at radius 1 is 0.861 bits per heavy atom. The highest BCUT2D eigenvalue weighted by atomic mass is 16.5. The molecule has 0 radical (unpaired) electrons. The fourth-order valence-corrected chi connectivity index (χ4v) is 4.65. The van der Waals surface area contributed by atoms with Crippen LogP contribution >= 0.6 is 0 Å². The van der Waals surface area contributed by atoms with E-state index in [4.69, 9.17) is 9.72 Å². The number of fused-ring (bicyclic) bond motifs is 1. The summed E-state index contributed by atoms with van der Waals surface area (Å²) in [6.45, 7) is 6.48. The lowest BCUT2D eigenvalue weighted by molar-refractivity contribution is -0.120. The number of hydrogen-bond donors (Lipinski definition) is 1. The van der Waals surface area contributed by atoms with Crippen LogP contribution in [0.5, 0.6) is 5.75 Å². The third-order valence-corrected chi connectivity index (χ3v) is 6.52. The molecule has 0 fully saturated rings. The first-order valence-corrected chi connectivity index (χ1v) is 13.1. The topological polar surface area (TPSA) is 56.1 Å². The number of imidazole rings is 1. The number of nitrogens with zero attached hydrogens (tertiary/aromatic N) is 2. The lowest BCUT2D eigenvalue weighted by atomic mass is 10.1. The molecule has 0 bridgehead atoms. The van der Waals surface area contributed by atoms with Crippen LogP contribution in [-0.4, -0.2) is 28.6 Å². The van der Waals surface area contributed by atoms with E-state index >= 15 is 0 Å². The van der Waals surface area contributed by atoms with Crippen molar-refractivity contribution in [3.05, 3.63) is 95.3 Å². The first-order chi connectivity index (χ1) is 17.6. The lowest BCUT2D eigenvalue weighted by Crippen LogP contribution is -2.26. The molecule has 0 spiro atoms. The number of amides is 1. The summed E-state index contributed by atoms with van der Waals surface area (Å²) in [5.74, 6) is 2.23. The molecule has 36 heavy (non-hydrogen) atoms. The summed E-state index contributed by atoms with van der Waals surface area (Å²) in [6, 6.07) is 24.5. The fraction of sp³-hybridized carbons (Fsp3) is 0.355. The van der Waals surface area contributed by atoms with Gasteiger partial charge in [-0.2, -0.15) is 0 Å². The summed E-state index contributed by atoms with van der Waals surface area (Å²) in [6.07, 6.45) is 5.39. The SMILES string of the molecule is Cc1cccc(C)c1OCCCn1c(CCCCCNC(=O)Cc2ccccc2)nc2ccccc21. The van der Waals surface area contributed by atoms with Crippen molar-refractivity contribution in [2.75, 3.05) is 13.2 Å². The van der Waals surface area contributed by atoms with Gasteiger partial charge in [-0.3, -0.25) is 4.79 Å². The Kier molecular flexibility index (Phi) is 9.15. The number of hydrogen-bond acceptors (Lipinski definition) is 3. The Morgan fingerprint density at radius 2 is 1.61 bits per heavy atom. The van der Waals surface area contributed by atoms with Gasteiger partial charge in [0.05, 0.1) is 24.1 Å². The number of rotatable bonds is 13. The van der Waals surface area contributed by atoms with Crippen LogP contribution in [0.2, 0.25) is 0 Å². The first-order valence-electron chi connectivity index (χ1n) is 13.1. The van der Waals surface area contributed by atoms with E-state index in [9.17, 15) is 4.79 Å². The largest absolute Gasteiger partial charge is 0.493 e. The number of carbonyl (C=O) groups excluding carboxylic acids is 1. The van der Waals surface area contributed by atoms with Crippen LogP contribution in [0.15, 0.2) is 72.8 Å². The van der Waals surface area contributed by atoms with E-state index < -0.39 is 0 Å². The molecule has 0 atom stereocenters. The molecule has 1 heterocycles. The molecule has 0 aliphatic rings. The van der Waals surface area contributed by atoms with Crippen molar-refractivity contribution in [3.63, 3.8) is 0 Å². The number of unbranched alkanes of at least 4 members (excludes halogenated alkanes) is 2. The Bertz CT molecular complexity index is 1240. The molecule has 4 aromatic rings. The Labute approximate surface area is 214 Å². The van der Waals surface area contributed by atoms with Gasteiger partial charge in [-0.05, 0) is 61.9 Å². The number of nitrogens with one attached hydrogen (secondary N) is 1. The van der Waals surface area contributed by atoms with Gasteiger partial charge in [0.1, 0.15) is 11.6 Å². The molecule has 0 saturated heterocycles. The van der Waals surface area contributed by atoms with Crippen LogP contribution in [0.4, 0.5) is 0 Å². The molecular formula is C31H37N3O2.